The lowest BCUT2D eigenvalue weighted by molar-refractivity contribution is -0.116. The van der Waals surface area contributed by atoms with Crippen molar-refractivity contribution in [1.82, 2.24) is 9.89 Å². The summed E-state index contributed by atoms with van der Waals surface area (Å²) in [5.74, 6) is -0.0843. The topological polar surface area (TPSA) is 46.9 Å². The highest BCUT2D eigenvalue weighted by Gasteiger charge is 2.04. The number of amides is 1. The van der Waals surface area contributed by atoms with Gasteiger partial charge in [0.05, 0.1) is 12.6 Å². The third-order valence-corrected chi connectivity index (χ3v) is 2.92. The summed E-state index contributed by atoms with van der Waals surface area (Å²) in [6.07, 6.45) is 3.65. The summed E-state index contributed by atoms with van der Waals surface area (Å²) >= 11 is 0. The molecule has 0 radical (unpaired) electrons. The fourth-order valence-electron chi connectivity index (χ4n) is 2.04. The Labute approximate surface area is 110 Å². The standard InChI is InChI=1S/C15H13N3O/c19-15(17-18-9-3-8-16-18)11-12-6-7-13-4-1-2-5-14(13)10-12/h1-10H,11H2,(H,17,19). The molecule has 4 heteroatoms. The van der Waals surface area contributed by atoms with Gasteiger partial charge in [-0.1, -0.05) is 42.5 Å². The minimum absolute atomic E-state index is 0.0843. The lowest BCUT2D eigenvalue weighted by atomic mass is 10.1. The monoisotopic (exact) mass is 251 g/mol. The van der Waals surface area contributed by atoms with Gasteiger partial charge in [0.25, 0.3) is 0 Å². The molecular weight excluding hydrogens is 238 g/mol. The molecule has 0 atom stereocenters. The van der Waals surface area contributed by atoms with Crippen molar-refractivity contribution in [3.05, 3.63) is 66.5 Å². The van der Waals surface area contributed by atoms with Crippen LogP contribution in [0.5, 0.6) is 0 Å². The van der Waals surface area contributed by atoms with E-state index in [9.17, 15) is 4.79 Å². The van der Waals surface area contributed by atoms with E-state index in [1.54, 1.807) is 18.5 Å². The molecule has 0 aliphatic carbocycles. The Morgan fingerprint density at radius 1 is 1.11 bits per heavy atom. The highest BCUT2D eigenvalue weighted by atomic mass is 16.2. The van der Waals surface area contributed by atoms with Crippen LogP contribution in [0.4, 0.5) is 0 Å². The van der Waals surface area contributed by atoms with Crippen LogP contribution in [0.3, 0.4) is 0 Å². The van der Waals surface area contributed by atoms with Gasteiger partial charge in [0, 0.05) is 6.20 Å². The lowest BCUT2D eigenvalue weighted by Crippen LogP contribution is -2.24. The third kappa shape index (κ3) is 2.63. The highest BCUT2D eigenvalue weighted by Crippen LogP contribution is 2.15. The van der Waals surface area contributed by atoms with Crippen molar-refractivity contribution in [1.29, 1.82) is 0 Å². The predicted molar refractivity (Wildman–Crippen MR) is 74.2 cm³/mol. The van der Waals surface area contributed by atoms with Crippen LogP contribution in [0.25, 0.3) is 10.8 Å². The van der Waals surface area contributed by atoms with Gasteiger partial charge in [-0.2, -0.15) is 9.89 Å². The summed E-state index contributed by atoms with van der Waals surface area (Å²) in [6, 6.07) is 15.9. The molecule has 1 heterocycles. The molecule has 4 nitrogen and oxygen atoms in total. The second kappa shape index (κ2) is 4.94. The minimum atomic E-state index is -0.0843. The van der Waals surface area contributed by atoms with Gasteiger partial charge >= 0.3 is 0 Å². The molecule has 0 saturated carbocycles. The maximum Gasteiger partial charge on any atom is 0.244 e. The molecule has 2 aromatic carbocycles. The first-order chi connectivity index (χ1) is 9.31. The van der Waals surface area contributed by atoms with Crippen LogP contribution in [0.15, 0.2) is 60.9 Å². The normalized spacial score (nSPS) is 10.5. The van der Waals surface area contributed by atoms with Crippen LogP contribution in [-0.2, 0) is 11.2 Å². The van der Waals surface area contributed by atoms with Gasteiger partial charge in [-0.3, -0.25) is 4.79 Å². The molecule has 0 fully saturated rings. The molecule has 3 aromatic rings. The number of carbonyl (C=O) groups is 1. The third-order valence-electron chi connectivity index (χ3n) is 2.92. The van der Waals surface area contributed by atoms with Crippen molar-refractivity contribution in [2.75, 3.05) is 5.43 Å². The first-order valence-electron chi connectivity index (χ1n) is 6.08. The summed E-state index contributed by atoms with van der Waals surface area (Å²) in [7, 11) is 0. The maximum absolute atomic E-state index is 11.8. The smallest absolute Gasteiger partial charge is 0.244 e. The molecule has 0 aliphatic rings. The molecule has 0 bridgehead atoms. The van der Waals surface area contributed by atoms with Crippen LogP contribution >= 0.6 is 0 Å². The molecule has 3 rings (SSSR count). The average Bonchev–Trinajstić information content (AvgIpc) is 2.91. The number of rotatable bonds is 3. The fraction of sp³-hybridized carbons (Fsp3) is 0.0667. The molecule has 94 valence electrons. The van der Waals surface area contributed by atoms with Gasteiger partial charge < -0.3 is 0 Å². The van der Waals surface area contributed by atoms with Gasteiger partial charge in [-0.15, -0.1) is 0 Å². The Hall–Kier alpha value is -2.62. The second-order valence-corrected chi connectivity index (χ2v) is 4.34. The Morgan fingerprint density at radius 3 is 2.74 bits per heavy atom. The molecule has 0 aliphatic heterocycles. The van der Waals surface area contributed by atoms with Gasteiger partial charge in [-0.05, 0) is 22.4 Å². The molecule has 0 saturated heterocycles. The van der Waals surface area contributed by atoms with Crippen LogP contribution in [0, 0.1) is 0 Å². The zero-order chi connectivity index (χ0) is 13.1. The summed E-state index contributed by atoms with van der Waals surface area (Å²) in [6.45, 7) is 0. The molecule has 1 N–H and O–H groups in total. The number of benzene rings is 2. The zero-order valence-corrected chi connectivity index (χ0v) is 10.3. The Kier molecular flexibility index (Phi) is 2.98. The molecule has 0 spiro atoms. The first-order valence-corrected chi connectivity index (χ1v) is 6.08. The average molecular weight is 251 g/mol. The van der Waals surface area contributed by atoms with Crippen LogP contribution in [0.1, 0.15) is 5.56 Å². The number of hydrogen-bond donors (Lipinski definition) is 1. The van der Waals surface area contributed by atoms with Crippen LogP contribution < -0.4 is 5.43 Å². The van der Waals surface area contributed by atoms with E-state index in [-0.39, 0.29) is 5.91 Å². The van der Waals surface area contributed by atoms with Crippen molar-refractivity contribution >= 4 is 16.7 Å². The summed E-state index contributed by atoms with van der Waals surface area (Å²) in [5.41, 5.74) is 3.67. The molecule has 19 heavy (non-hydrogen) atoms. The van der Waals surface area contributed by atoms with Crippen molar-refractivity contribution < 1.29 is 4.79 Å². The van der Waals surface area contributed by atoms with Crippen molar-refractivity contribution in [2.24, 2.45) is 0 Å². The van der Waals surface area contributed by atoms with Crippen LogP contribution in [-0.4, -0.2) is 15.8 Å². The molecule has 1 aromatic heterocycles. The van der Waals surface area contributed by atoms with E-state index < -0.39 is 0 Å². The highest BCUT2D eigenvalue weighted by molar-refractivity contribution is 5.88. The van der Waals surface area contributed by atoms with Crippen LogP contribution in [0.2, 0.25) is 0 Å². The fourth-order valence-corrected chi connectivity index (χ4v) is 2.04. The van der Waals surface area contributed by atoms with E-state index in [1.807, 2.05) is 36.4 Å². The Bertz CT molecular complexity index is 704. The van der Waals surface area contributed by atoms with E-state index in [0.717, 1.165) is 10.9 Å². The Morgan fingerprint density at radius 2 is 1.95 bits per heavy atom. The number of aromatic nitrogens is 2. The number of hydrogen-bond acceptors (Lipinski definition) is 2. The summed E-state index contributed by atoms with van der Waals surface area (Å²) < 4.78 is 0. The zero-order valence-electron chi connectivity index (χ0n) is 10.3. The maximum atomic E-state index is 11.8. The predicted octanol–water partition coefficient (Wildman–Crippen LogP) is 2.35. The van der Waals surface area contributed by atoms with Gasteiger partial charge in [-0.25, -0.2) is 5.43 Å². The first kappa shape index (κ1) is 11.5. The second-order valence-electron chi connectivity index (χ2n) is 4.34. The van der Waals surface area contributed by atoms with E-state index in [2.05, 4.69) is 16.6 Å². The minimum Gasteiger partial charge on any atom is -0.273 e. The van der Waals surface area contributed by atoms with Crippen molar-refractivity contribution in [3.8, 4) is 0 Å². The summed E-state index contributed by atoms with van der Waals surface area (Å²) in [4.78, 5) is 13.3. The van der Waals surface area contributed by atoms with E-state index >= 15 is 0 Å². The van der Waals surface area contributed by atoms with Gasteiger partial charge in [0.1, 0.15) is 0 Å². The van der Waals surface area contributed by atoms with E-state index in [0.29, 0.717) is 6.42 Å². The number of fused-ring (bicyclic) bond motifs is 1. The van der Waals surface area contributed by atoms with Crippen molar-refractivity contribution in [3.63, 3.8) is 0 Å². The quantitative estimate of drug-likeness (QED) is 0.776. The molecule has 0 unspecified atom stereocenters. The number of nitrogens with zero attached hydrogens (tertiary/aromatic N) is 2. The molecule has 1 amide bonds. The Balaban J connectivity index is 1.75. The van der Waals surface area contributed by atoms with E-state index in [4.69, 9.17) is 0 Å². The van der Waals surface area contributed by atoms with E-state index in [1.165, 1.54) is 10.2 Å². The number of carbonyl (C=O) groups excluding carboxylic acids is 1. The number of nitrogens with one attached hydrogen (secondary N) is 1. The lowest BCUT2D eigenvalue weighted by Gasteiger charge is -2.05. The molecular formula is C15H13N3O. The van der Waals surface area contributed by atoms with Gasteiger partial charge in [0.15, 0.2) is 0 Å². The summed E-state index contributed by atoms with van der Waals surface area (Å²) in [5, 5.41) is 6.26. The largest absolute Gasteiger partial charge is 0.273 e. The van der Waals surface area contributed by atoms with Crippen molar-refractivity contribution in [2.45, 2.75) is 6.42 Å². The van der Waals surface area contributed by atoms with Gasteiger partial charge in [0.2, 0.25) is 5.91 Å². The SMILES string of the molecule is O=C(Cc1ccc2ccccc2c1)Nn1cccn1.